The van der Waals surface area contributed by atoms with Gasteiger partial charge in [-0.2, -0.15) is 0 Å². The SMILES string of the molecule is [B]c1c([B])c([B])c(-c2cc(-c3cc(C(C)(C)C)cc(C(C)(C)C)c3)cc(C(C)(C)C)c2)c([B])c1[B]. The molecule has 0 unspecified atom stereocenters. The molecule has 0 aromatic heterocycles. The number of hydrogen-bond acceptors (Lipinski definition) is 0. The van der Waals surface area contributed by atoms with Gasteiger partial charge in [-0.25, -0.2) is 0 Å². The second kappa shape index (κ2) is 9.13. The maximum Gasteiger partial charge on any atom is 0.113 e. The van der Waals surface area contributed by atoms with E-state index in [1.165, 1.54) is 11.1 Å². The summed E-state index contributed by atoms with van der Waals surface area (Å²) in [6.07, 6.45) is 0. The Hall–Kier alpha value is -2.02. The molecule has 0 fully saturated rings. The zero-order chi connectivity index (χ0) is 26.7. The molecule has 3 rings (SSSR count). The Morgan fingerprint density at radius 2 is 0.657 bits per heavy atom. The van der Waals surface area contributed by atoms with Crippen LogP contribution in [0, 0.1) is 0 Å². The van der Waals surface area contributed by atoms with Crippen molar-refractivity contribution >= 4 is 66.5 Å². The minimum absolute atomic E-state index is 0.00912. The zero-order valence-corrected chi connectivity index (χ0v) is 22.9. The van der Waals surface area contributed by atoms with E-state index in [2.05, 4.69) is 98.7 Å². The Kier molecular flexibility index (Phi) is 7.19. The average Bonchev–Trinajstić information content (AvgIpc) is 2.74. The normalized spacial score (nSPS) is 12.7. The first-order valence-electron chi connectivity index (χ1n) is 12.2. The molecule has 0 N–H and O–H groups in total. The molecule has 0 atom stereocenters. The lowest BCUT2D eigenvalue weighted by molar-refractivity contribution is 0.569. The van der Waals surface area contributed by atoms with Crippen LogP contribution in [-0.4, -0.2) is 39.2 Å². The molecule has 0 aliphatic rings. The van der Waals surface area contributed by atoms with Gasteiger partial charge in [0.15, 0.2) is 0 Å². The van der Waals surface area contributed by atoms with E-state index < -0.39 is 0 Å². The maximum atomic E-state index is 6.45. The molecule has 35 heavy (non-hydrogen) atoms. The summed E-state index contributed by atoms with van der Waals surface area (Å²) in [7, 11) is 31.4. The van der Waals surface area contributed by atoms with E-state index in [1.54, 1.807) is 0 Å². The van der Waals surface area contributed by atoms with Crippen LogP contribution in [0.5, 0.6) is 0 Å². The van der Waals surface area contributed by atoms with Gasteiger partial charge in [-0.05, 0) is 61.3 Å². The molecular formula is C30H33B5. The van der Waals surface area contributed by atoms with Crippen LogP contribution < -0.4 is 27.3 Å². The maximum absolute atomic E-state index is 6.45. The summed E-state index contributed by atoms with van der Waals surface area (Å²) >= 11 is 0. The number of hydrogen-bond donors (Lipinski definition) is 0. The van der Waals surface area contributed by atoms with Gasteiger partial charge >= 0.3 is 0 Å². The zero-order valence-electron chi connectivity index (χ0n) is 22.9. The van der Waals surface area contributed by atoms with Gasteiger partial charge in [0, 0.05) is 0 Å². The van der Waals surface area contributed by atoms with Crippen molar-refractivity contribution in [2.24, 2.45) is 0 Å². The van der Waals surface area contributed by atoms with Gasteiger partial charge in [0.25, 0.3) is 0 Å². The van der Waals surface area contributed by atoms with E-state index in [-0.39, 0.29) is 32.6 Å². The minimum Gasteiger partial charge on any atom is -0.112 e. The molecule has 0 heterocycles. The van der Waals surface area contributed by atoms with E-state index in [4.69, 9.17) is 39.2 Å². The van der Waals surface area contributed by atoms with Gasteiger partial charge in [-0.15, -0.1) is 16.4 Å². The van der Waals surface area contributed by atoms with Crippen LogP contribution in [0.2, 0.25) is 0 Å². The van der Waals surface area contributed by atoms with E-state index in [1.807, 2.05) is 0 Å². The third kappa shape index (κ3) is 5.55. The summed E-state index contributed by atoms with van der Waals surface area (Å²) in [5, 5.41) is 0. The molecule has 10 radical (unpaired) electrons. The lowest BCUT2D eigenvalue weighted by Gasteiger charge is -2.28. The fraction of sp³-hybridized carbons (Fsp3) is 0.400. The smallest absolute Gasteiger partial charge is 0.112 e. The summed E-state index contributed by atoms with van der Waals surface area (Å²) in [4.78, 5) is 0. The van der Waals surface area contributed by atoms with Crippen LogP contribution in [0.25, 0.3) is 22.3 Å². The summed E-state index contributed by atoms with van der Waals surface area (Å²) in [5.41, 5.74) is 8.88. The Morgan fingerprint density at radius 1 is 0.371 bits per heavy atom. The van der Waals surface area contributed by atoms with Gasteiger partial charge in [0.2, 0.25) is 0 Å². The third-order valence-electron chi connectivity index (χ3n) is 6.79. The van der Waals surface area contributed by atoms with E-state index in [0.29, 0.717) is 16.5 Å². The first-order valence-corrected chi connectivity index (χ1v) is 12.2. The van der Waals surface area contributed by atoms with Crippen LogP contribution in [0.1, 0.15) is 79.0 Å². The molecule has 0 nitrogen and oxygen atoms in total. The molecular weight excluding hydrogens is 414 g/mol. The molecule has 3 aromatic carbocycles. The molecule has 0 saturated carbocycles. The minimum atomic E-state index is -0.103. The van der Waals surface area contributed by atoms with Crippen LogP contribution in [0.15, 0.2) is 36.4 Å². The lowest BCUT2D eigenvalue weighted by atomic mass is 9.59. The lowest BCUT2D eigenvalue weighted by Crippen LogP contribution is -2.55. The molecule has 0 spiro atoms. The van der Waals surface area contributed by atoms with Crippen molar-refractivity contribution in [3.63, 3.8) is 0 Å². The highest BCUT2D eigenvalue weighted by atomic mass is 14.3. The monoisotopic (exact) mass is 448 g/mol. The first-order chi connectivity index (χ1) is 15.8. The van der Waals surface area contributed by atoms with Crippen LogP contribution in [-0.2, 0) is 16.2 Å². The molecule has 168 valence electrons. The quantitative estimate of drug-likeness (QED) is 0.530. The molecule has 0 amide bonds. The topological polar surface area (TPSA) is 0 Å². The van der Waals surface area contributed by atoms with Crippen molar-refractivity contribution in [3.05, 3.63) is 53.1 Å². The first kappa shape index (κ1) is 27.6. The Morgan fingerprint density at radius 3 is 1.03 bits per heavy atom. The predicted molar refractivity (Wildman–Crippen MR) is 160 cm³/mol. The second-order valence-corrected chi connectivity index (χ2v) is 12.8. The molecule has 0 saturated heterocycles. The number of rotatable bonds is 2. The van der Waals surface area contributed by atoms with E-state index in [9.17, 15) is 0 Å². The molecule has 0 aliphatic carbocycles. The Balaban J connectivity index is 2.42. The Bertz CT molecular complexity index is 1220. The summed E-state index contributed by atoms with van der Waals surface area (Å²) < 4.78 is 0. The fourth-order valence-corrected chi connectivity index (χ4v) is 4.19. The van der Waals surface area contributed by atoms with Gasteiger partial charge in [0.05, 0.1) is 0 Å². The highest BCUT2D eigenvalue weighted by Gasteiger charge is 2.23. The molecule has 0 aliphatic heterocycles. The van der Waals surface area contributed by atoms with Gasteiger partial charge in [-0.3, -0.25) is 0 Å². The van der Waals surface area contributed by atoms with Crippen LogP contribution in [0.4, 0.5) is 0 Å². The van der Waals surface area contributed by atoms with E-state index >= 15 is 0 Å². The molecule has 5 heteroatoms. The average molecular weight is 448 g/mol. The van der Waals surface area contributed by atoms with Crippen molar-refractivity contribution in [1.29, 1.82) is 0 Å². The largest absolute Gasteiger partial charge is 0.113 e. The van der Waals surface area contributed by atoms with Gasteiger partial charge in [-0.1, -0.05) is 104 Å². The summed E-state index contributed by atoms with van der Waals surface area (Å²) in [6, 6.07) is 13.4. The highest BCUT2D eigenvalue weighted by Crippen LogP contribution is 2.37. The second-order valence-electron chi connectivity index (χ2n) is 12.8. The van der Waals surface area contributed by atoms with Crippen molar-refractivity contribution in [2.45, 2.75) is 78.6 Å². The Labute approximate surface area is 220 Å². The fourth-order valence-electron chi connectivity index (χ4n) is 4.19. The third-order valence-corrected chi connectivity index (χ3v) is 6.79. The van der Waals surface area contributed by atoms with Gasteiger partial charge in [0.1, 0.15) is 39.2 Å². The van der Waals surface area contributed by atoms with Crippen molar-refractivity contribution in [2.75, 3.05) is 0 Å². The summed E-state index contributed by atoms with van der Waals surface area (Å²) in [6.45, 7) is 20.1. The predicted octanol–water partition coefficient (Wildman–Crippen LogP) is 2.88. The van der Waals surface area contributed by atoms with Crippen LogP contribution >= 0.6 is 0 Å². The molecule has 0 bridgehead atoms. The van der Waals surface area contributed by atoms with Crippen molar-refractivity contribution in [1.82, 2.24) is 0 Å². The highest BCUT2D eigenvalue weighted by molar-refractivity contribution is 6.68. The van der Waals surface area contributed by atoms with Crippen LogP contribution in [0.3, 0.4) is 0 Å². The van der Waals surface area contributed by atoms with Gasteiger partial charge < -0.3 is 0 Å². The summed E-state index contributed by atoms with van der Waals surface area (Å²) in [5.74, 6) is 0. The van der Waals surface area contributed by atoms with E-state index in [0.717, 1.165) is 22.3 Å². The molecule has 3 aromatic rings. The standard InChI is InChI=1S/C30H33B5/c1-28(2,3)19-11-16(17-12-20(29(4,5)6)15-21(13-17)30(7,8)9)10-18(14-19)22-23(31)25(33)27(35)26(34)24(22)32/h10-15H,1-9H3. The number of benzene rings is 3. The van der Waals surface area contributed by atoms with Crippen molar-refractivity contribution < 1.29 is 0 Å². The van der Waals surface area contributed by atoms with Crippen molar-refractivity contribution in [3.8, 4) is 22.3 Å².